The molecule has 0 saturated heterocycles. The molecule has 0 spiro atoms. The third kappa shape index (κ3) is 3.79. The monoisotopic (exact) mass is 248 g/mol. The molecule has 0 bridgehead atoms. The first kappa shape index (κ1) is 12.4. The van der Waals surface area contributed by atoms with Gasteiger partial charge in [-0.3, -0.25) is 0 Å². The van der Waals surface area contributed by atoms with Crippen LogP contribution >= 0.6 is 11.6 Å². The molecule has 0 aliphatic rings. The summed E-state index contributed by atoms with van der Waals surface area (Å²) in [4.78, 5) is 2.18. The topological polar surface area (TPSA) is 58.2 Å². The van der Waals surface area contributed by atoms with Gasteiger partial charge in [0.05, 0.1) is 5.75 Å². The van der Waals surface area contributed by atoms with Gasteiger partial charge in [-0.05, 0) is 31.2 Å². The maximum atomic E-state index is 11.4. The van der Waals surface area contributed by atoms with Crippen molar-refractivity contribution in [2.75, 3.05) is 7.05 Å². The average Bonchev–Trinajstić information content (AvgIpc) is 2.09. The van der Waals surface area contributed by atoms with Gasteiger partial charge in [0.1, 0.15) is 0 Å². The highest BCUT2D eigenvalue weighted by Gasteiger charge is 2.12. The van der Waals surface area contributed by atoms with E-state index < -0.39 is 10.0 Å². The molecule has 0 saturated carbocycles. The largest absolute Gasteiger partial charge is 0.247 e. The minimum atomic E-state index is -3.37. The van der Waals surface area contributed by atoms with Gasteiger partial charge in [0, 0.05) is 5.02 Å². The van der Waals surface area contributed by atoms with Crippen LogP contribution in [0.3, 0.4) is 0 Å². The number of rotatable bonds is 4. The molecular weight excluding hydrogens is 236 g/mol. The predicted molar refractivity (Wildman–Crippen MR) is 61.0 cm³/mol. The molecule has 1 rings (SSSR count). The first-order chi connectivity index (χ1) is 6.94. The van der Waals surface area contributed by atoms with Crippen LogP contribution in [0.4, 0.5) is 0 Å². The smallest absolute Gasteiger partial charge is 0.228 e. The Kier molecular flexibility index (Phi) is 4.10. The maximum Gasteiger partial charge on any atom is 0.228 e. The van der Waals surface area contributed by atoms with E-state index in [0.717, 1.165) is 5.56 Å². The SMILES string of the molecule is CNNS(=O)(=O)Cc1ccc(C)cc1Cl. The van der Waals surface area contributed by atoms with Crippen molar-refractivity contribution in [1.29, 1.82) is 0 Å². The Morgan fingerprint density at radius 1 is 1.40 bits per heavy atom. The molecule has 0 radical (unpaired) electrons. The van der Waals surface area contributed by atoms with Gasteiger partial charge in [0.25, 0.3) is 0 Å². The summed E-state index contributed by atoms with van der Waals surface area (Å²) in [5.74, 6) is -0.132. The van der Waals surface area contributed by atoms with Crippen LogP contribution in [0.5, 0.6) is 0 Å². The van der Waals surface area contributed by atoms with E-state index in [2.05, 4.69) is 10.3 Å². The third-order valence-corrected chi connectivity index (χ3v) is 3.37. The Labute approximate surface area is 94.7 Å². The summed E-state index contributed by atoms with van der Waals surface area (Å²) in [7, 11) is -1.87. The van der Waals surface area contributed by atoms with E-state index in [1.807, 2.05) is 13.0 Å². The van der Waals surface area contributed by atoms with Crippen molar-refractivity contribution in [3.63, 3.8) is 0 Å². The second kappa shape index (κ2) is 4.94. The lowest BCUT2D eigenvalue weighted by molar-refractivity contribution is 0.569. The molecule has 0 aliphatic carbocycles. The van der Waals surface area contributed by atoms with E-state index in [-0.39, 0.29) is 5.75 Å². The summed E-state index contributed by atoms with van der Waals surface area (Å²) in [5.41, 5.74) is 3.97. The van der Waals surface area contributed by atoms with Gasteiger partial charge < -0.3 is 0 Å². The molecule has 15 heavy (non-hydrogen) atoms. The molecule has 1 aromatic carbocycles. The average molecular weight is 249 g/mol. The van der Waals surface area contributed by atoms with Crippen LogP contribution in [0.15, 0.2) is 18.2 Å². The lowest BCUT2D eigenvalue weighted by Crippen LogP contribution is -2.35. The fourth-order valence-electron chi connectivity index (χ4n) is 1.17. The Balaban J connectivity index is 2.90. The quantitative estimate of drug-likeness (QED) is 0.788. The Bertz CT molecular complexity index is 445. The minimum Gasteiger partial charge on any atom is -0.247 e. The second-order valence-electron chi connectivity index (χ2n) is 3.21. The fraction of sp³-hybridized carbons (Fsp3) is 0.333. The first-order valence-corrected chi connectivity index (χ1v) is 6.39. The molecule has 4 nitrogen and oxygen atoms in total. The minimum absolute atomic E-state index is 0.132. The van der Waals surface area contributed by atoms with Gasteiger partial charge in [0.15, 0.2) is 0 Å². The second-order valence-corrected chi connectivity index (χ2v) is 5.34. The Hall–Kier alpha value is -0.620. The molecule has 0 heterocycles. The summed E-state index contributed by atoms with van der Waals surface area (Å²) < 4.78 is 22.8. The normalized spacial score (nSPS) is 11.7. The van der Waals surface area contributed by atoms with Crippen molar-refractivity contribution < 1.29 is 8.42 Å². The van der Waals surface area contributed by atoms with E-state index in [1.165, 1.54) is 7.05 Å². The Morgan fingerprint density at radius 3 is 2.60 bits per heavy atom. The van der Waals surface area contributed by atoms with Gasteiger partial charge >= 0.3 is 0 Å². The number of hydrogen-bond acceptors (Lipinski definition) is 3. The van der Waals surface area contributed by atoms with Crippen LogP contribution in [0.2, 0.25) is 5.02 Å². The standard InChI is InChI=1S/C9H13ClN2O2S/c1-7-3-4-8(9(10)5-7)6-15(13,14)12-11-2/h3-5,11-12H,6H2,1-2H3. The van der Waals surface area contributed by atoms with Crippen molar-refractivity contribution in [3.8, 4) is 0 Å². The number of aryl methyl sites for hydroxylation is 1. The molecule has 0 unspecified atom stereocenters. The molecule has 0 aliphatic heterocycles. The van der Waals surface area contributed by atoms with Gasteiger partial charge in [0.2, 0.25) is 10.0 Å². The summed E-state index contributed by atoms with van der Waals surface area (Å²) in [6.07, 6.45) is 0. The van der Waals surface area contributed by atoms with Crippen molar-refractivity contribution in [2.24, 2.45) is 0 Å². The maximum absolute atomic E-state index is 11.4. The van der Waals surface area contributed by atoms with Crippen molar-refractivity contribution in [2.45, 2.75) is 12.7 Å². The predicted octanol–water partition coefficient (Wildman–Crippen LogP) is 1.20. The summed E-state index contributed by atoms with van der Waals surface area (Å²) >= 11 is 5.92. The van der Waals surface area contributed by atoms with E-state index in [0.29, 0.717) is 10.6 Å². The van der Waals surface area contributed by atoms with Crippen LogP contribution in [0, 0.1) is 6.92 Å². The zero-order chi connectivity index (χ0) is 11.5. The highest BCUT2D eigenvalue weighted by Crippen LogP contribution is 2.19. The van der Waals surface area contributed by atoms with Crippen LogP contribution in [0.25, 0.3) is 0 Å². The van der Waals surface area contributed by atoms with Crippen molar-refractivity contribution in [3.05, 3.63) is 34.3 Å². The van der Waals surface area contributed by atoms with Crippen LogP contribution in [-0.2, 0) is 15.8 Å². The molecule has 0 atom stereocenters. The summed E-state index contributed by atoms with van der Waals surface area (Å²) in [6.45, 7) is 1.90. The number of hydrogen-bond donors (Lipinski definition) is 2. The number of halogens is 1. The van der Waals surface area contributed by atoms with Crippen LogP contribution in [0.1, 0.15) is 11.1 Å². The first-order valence-electron chi connectivity index (χ1n) is 4.36. The van der Waals surface area contributed by atoms with Crippen LogP contribution < -0.4 is 10.3 Å². The van der Waals surface area contributed by atoms with Gasteiger partial charge in [-0.25, -0.2) is 13.8 Å². The zero-order valence-electron chi connectivity index (χ0n) is 8.54. The molecule has 0 amide bonds. The molecule has 1 aromatic rings. The zero-order valence-corrected chi connectivity index (χ0v) is 10.1. The van der Waals surface area contributed by atoms with Gasteiger partial charge in [-0.15, -0.1) is 0 Å². The highest BCUT2D eigenvalue weighted by molar-refractivity contribution is 7.88. The van der Waals surface area contributed by atoms with E-state index in [4.69, 9.17) is 11.6 Å². The molecule has 0 fully saturated rings. The molecule has 6 heteroatoms. The molecular formula is C9H13ClN2O2S. The number of nitrogens with one attached hydrogen (secondary N) is 2. The van der Waals surface area contributed by atoms with E-state index in [9.17, 15) is 8.42 Å². The number of sulfonamides is 1. The summed E-state index contributed by atoms with van der Waals surface area (Å²) in [6, 6.07) is 5.29. The Morgan fingerprint density at radius 2 is 2.07 bits per heavy atom. The number of benzene rings is 1. The molecule has 2 N–H and O–H groups in total. The van der Waals surface area contributed by atoms with E-state index in [1.54, 1.807) is 12.1 Å². The van der Waals surface area contributed by atoms with E-state index >= 15 is 0 Å². The molecule has 84 valence electrons. The van der Waals surface area contributed by atoms with Gasteiger partial charge in [-0.2, -0.15) is 4.83 Å². The fourth-order valence-corrected chi connectivity index (χ4v) is 2.59. The highest BCUT2D eigenvalue weighted by atomic mass is 35.5. The number of hydrazine groups is 1. The lowest BCUT2D eigenvalue weighted by Gasteiger charge is -2.07. The lowest BCUT2D eigenvalue weighted by atomic mass is 10.2. The third-order valence-electron chi connectivity index (χ3n) is 1.81. The van der Waals surface area contributed by atoms with Crippen molar-refractivity contribution in [1.82, 2.24) is 10.3 Å². The van der Waals surface area contributed by atoms with Crippen molar-refractivity contribution >= 4 is 21.6 Å². The van der Waals surface area contributed by atoms with Gasteiger partial charge in [-0.1, -0.05) is 23.7 Å². The van der Waals surface area contributed by atoms with Crippen LogP contribution in [-0.4, -0.2) is 15.5 Å². The molecule has 0 aromatic heterocycles. The summed E-state index contributed by atoms with van der Waals surface area (Å²) in [5, 5.41) is 0.469.